The molecule has 1 atom stereocenters. The SMILES string of the molecule is CCC(C)NC(=O)n1nc(-c2cc(NC(=O)c3ccc(Cl)cc3)ccc2O)cc1C1CCC1. The minimum absolute atomic E-state index is 0.0200. The first kappa shape index (κ1) is 22.9. The molecule has 1 heterocycles. The van der Waals surface area contributed by atoms with E-state index in [-0.39, 0.29) is 29.6 Å². The summed E-state index contributed by atoms with van der Waals surface area (Å²) in [6, 6.07) is 13.0. The van der Waals surface area contributed by atoms with Gasteiger partial charge in [-0.05, 0) is 74.7 Å². The molecule has 0 spiro atoms. The van der Waals surface area contributed by atoms with Gasteiger partial charge in [0.25, 0.3) is 5.91 Å². The zero-order valence-corrected chi connectivity index (χ0v) is 19.4. The first-order valence-corrected chi connectivity index (χ1v) is 11.5. The Hall–Kier alpha value is -3.32. The van der Waals surface area contributed by atoms with Crippen LogP contribution in [0.25, 0.3) is 11.3 Å². The maximum Gasteiger partial charge on any atom is 0.342 e. The summed E-state index contributed by atoms with van der Waals surface area (Å²) in [5.41, 5.74) is 2.74. The predicted molar refractivity (Wildman–Crippen MR) is 129 cm³/mol. The number of aromatic nitrogens is 2. The number of amides is 2. The Morgan fingerprint density at radius 1 is 1.18 bits per heavy atom. The lowest BCUT2D eigenvalue weighted by atomic mass is 9.82. The standard InChI is InChI=1S/C25H27ClN4O3/c1-3-15(2)27-25(33)30-22(16-5-4-6-16)14-21(29-30)20-13-19(11-12-23(20)31)28-24(32)17-7-9-18(26)10-8-17/h7-16,31H,3-6H2,1-2H3,(H,27,33)(H,28,32). The van der Waals surface area contributed by atoms with Crippen LogP contribution in [0.5, 0.6) is 5.75 Å². The number of aromatic hydroxyl groups is 1. The number of halogens is 1. The maximum absolute atomic E-state index is 12.9. The Balaban J connectivity index is 1.63. The number of hydrogen-bond donors (Lipinski definition) is 3. The number of phenolic OH excluding ortho intramolecular Hbond substituents is 1. The molecule has 0 radical (unpaired) electrons. The van der Waals surface area contributed by atoms with Crippen molar-refractivity contribution in [2.75, 3.05) is 5.32 Å². The monoisotopic (exact) mass is 466 g/mol. The molecule has 8 heteroatoms. The fourth-order valence-corrected chi connectivity index (χ4v) is 3.81. The van der Waals surface area contributed by atoms with Gasteiger partial charge in [0, 0.05) is 33.8 Å². The predicted octanol–water partition coefficient (Wildman–Crippen LogP) is 5.79. The molecule has 1 aromatic heterocycles. The third-order valence-electron chi connectivity index (χ3n) is 6.07. The highest BCUT2D eigenvalue weighted by Gasteiger charge is 2.28. The van der Waals surface area contributed by atoms with E-state index in [4.69, 9.17) is 11.6 Å². The number of rotatable bonds is 6. The topological polar surface area (TPSA) is 96.3 Å². The summed E-state index contributed by atoms with van der Waals surface area (Å²) >= 11 is 5.90. The lowest BCUT2D eigenvalue weighted by molar-refractivity contribution is 0.102. The molecule has 33 heavy (non-hydrogen) atoms. The van der Waals surface area contributed by atoms with Crippen LogP contribution in [0.4, 0.5) is 10.5 Å². The van der Waals surface area contributed by atoms with Gasteiger partial charge in [0.2, 0.25) is 0 Å². The third-order valence-corrected chi connectivity index (χ3v) is 6.32. The van der Waals surface area contributed by atoms with Crippen LogP contribution >= 0.6 is 11.6 Å². The molecule has 0 saturated heterocycles. The normalized spacial score (nSPS) is 14.4. The van der Waals surface area contributed by atoms with Crippen molar-refractivity contribution in [3.8, 4) is 17.0 Å². The summed E-state index contributed by atoms with van der Waals surface area (Å²) in [6.07, 6.45) is 3.94. The Labute approximate surface area is 197 Å². The second-order valence-electron chi connectivity index (χ2n) is 8.45. The smallest absolute Gasteiger partial charge is 0.342 e. The van der Waals surface area contributed by atoms with Gasteiger partial charge in [-0.15, -0.1) is 0 Å². The quantitative estimate of drug-likeness (QED) is 0.401. The molecule has 3 aromatic rings. The third kappa shape index (κ3) is 5.03. The summed E-state index contributed by atoms with van der Waals surface area (Å²) in [5, 5.41) is 21.4. The number of carbonyl (C=O) groups is 2. The highest BCUT2D eigenvalue weighted by Crippen LogP contribution is 2.39. The molecular weight excluding hydrogens is 440 g/mol. The molecule has 2 amide bonds. The molecule has 1 unspecified atom stereocenters. The molecule has 172 valence electrons. The van der Waals surface area contributed by atoms with Crippen LogP contribution in [0, 0.1) is 0 Å². The van der Waals surface area contributed by atoms with Crippen LogP contribution in [-0.2, 0) is 0 Å². The van der Waals surface area contributed by atoms with Gasteiger partial charge in [0.05, 0.1) is 11.4 Å². The van der Waals surface area contributed by atoms with E-state index < -0.39 is 0 Å². The number of anilines is 1. The molecule has 7 nitrogen and oxygen atoms in total. The Kier molecular flexibility index (Phi) is 6.70. The Morgan fingerprint density at radius 2 is 1.91 bits per heavy atom. The Bertz CT molecular complexity index is 1170. The fourth-order valence-electron chi connectivity index (χ4n) is 3.68. The van der Waals surface area contributed by atoms with Crippen molar-refractivity contribution in [2.24, 2.45) is 0 Å². The lowest BCUT2D eigenvalue weighted by Crippen LogP contribution is -2.37. The zero-order chi connectivity index (χ0) is 23.5. The zero-order valence-electron chi connectivity index (χ0n) is 18.6. The highest BCUT2D eigenvalue weighted by atomic mass is 35.5. The van der Waals surface area contributed by atoms with Crippen molar-refractivity contribution in [1.82, 2.24) is 15.1 Å². The van der Waals surface area contributed by atoms with Crippen LogP contribution in [-0.4, -0.2) is 32.9 Å². The van der Waals surface area contributed by atoms with Crippen LogP contribution in [0.15, 0.2) is 48.5 Å². The first-order chi connectivity index (χ1) is 15.9. The minimum atomic E-state index is -0.295. The van der Waals surface area contributed by atoms with Gasteiger partial charge >= 0.3 is 6.03 Å². The van der Waals surface area contributed by atoms with E-state index in [2.05, 4.69) is 15.7 Å². The van der Waals surface area contributed by atoms with Crippen molar-refractivity contribution in [3.63, 3.8) is 0 Å². The van der Waals surface area contributed by atoms with Crippen LogP contribution in [0.1, 0.15) is 61.5 Å². The van der Waals surface area contributed by atoms with E-state index in [1.165, 1.54) is 10.7 Å². The minimum Gasteiger partial charge on any atom is -0.507 e. The van der Waals surface area contributed by atoms with Gasteiger partial charge in [-0.2, -0.15) is 9.78 Å². The number of phenols is 1. The summed E-state index contributed by atoms with van der Waals surface area (Å²) in [6.45, 7) is 3.96. The van der Waals surface area contributed by atoms with Crippen molar-refractivity contribution < 1.29 is 14.7 Å². The van der Waals surface area contributed by atoms with Gasteiger partial charge in [0.1, 0.15) is 5.75 Å². The average molecular weight is 467 g/mol. The number of nitrogens with one attached hydrogen (secondary N) is 2. The second-order valence-corrected chi connectivity index (χ2v) is 8.88. The van der Waals surface area contributed by atoms with Gasteiger partial charge in [-0.3, -0.25) is 4.79 Å². The maximum atomic E-state index is 12.9. The summed E-state index contributed by atoms with van der Waals surface area (Å²) < 4.78 is 1.42. The first-order valence-electron chi connectivity index (χ1n) is 11.2. The molecule has 1 saturated carbocycles. The number of hydrogen-bond acceptors (Lipinski definition) is 4. The summed E-state index contributed by atoms with van der Waals surface area (Å²) in [4.78, 5) is 25.4. The highest BCUT2D eigenvalue weighted by molar-refractivity contribution is 6.30. The summed E-state index contributed by atoms with van der Waals surface area (Å²) in [5.74, 6) is -0.00701. The van der Waals surface area contributed by atoms with E-state index >= 15 is 0 Å². The molecule has 1 fully saturated rings. The molecule has 1 aliphatic rings. The van der Waals surface area contributed by atoms with Gasteiger partial charge in [0.15, 0.2) is 0 Å². The Morgan fingerprint density at radius 3 is 2.55 bits per heavy atom. The van der Waals surface area contributed by atoms with Gasteiger partial charge in [-0.25, -0.2) is 4.79 Å². The van der Waals surface area contributed by atoms with E-state index in [0.29, 0.717) is 27.5 Å². The van der Waals surface area contributed by atoms with Crippen molar-refractivity contribution in [2.45, 2.75) is 51.5 Å². The largest absolute Gasteiger partial charge is 0.507 e. The second kappa shape index (κ2) is 9.67. The molecule has 3 N–H and O–H groups in total. The number of benzene rings is 2. The molecule has 4 rings (SSSR count). The fraction of sp³-hybridized carbons (Fsp3) is 0.320. The number of nitrogens with zero attached hydrogens (tertiary/aromatic N) is 2. The lowest BCUT2D eigenvalue weighted by Gasteiger charge is -2.25. The van der Waals surface area contributed by atoms with Crippen LogP contribution in [0.3, 0.4) is 0 Å². The molecule has 1 aliphatic carbocycles. The van der Waals surface area contributed by atoms with Gasteiger partial charge in [-0.1, -0.05) is 24.9 Å². The van der Waals surface area contributed by atoms with Gasteiger partial charge < -0.3 is 15.7 Å². The summed E-state index contributed by atoms with van der Waals surface area (Å²) in [7, 11) is 0. The molecule has 0 bridgehead atoms. The molecule has 2 aromatic carbocycles. The van der Waals surface area contributed by atoms with E-state index in [1.54, 1.807) is 36.4 Å². The average Bonchev–Trinajstić information content (AvgIpc) is 3.18. The van der Waals surface area contributed by atoms with Crippen LogP contribution < -0.4 is 10.6 Å². The van der Waals surface area contributed by atoms with Crippen molar-refractivity contribution >= 4 is 29.2 Å². The molecular formula is C25H27ClN4O3. The van der Waals surface area contributed by atoms with Crippen molar-refractivity contribution in [1.29, 1.82) is 0 Å². The number of carbonyl (C=O) groups excluding carboxylic acids is 2. The van der Waals surface area contributed by atoms with Crippen molar-refractivity contribution in [3.05, 3.63) is 64.8 Å². The van der Waals surface area contributed by atoms with Crippen LogP contribution in [0.2, 0.25) is 5.02 Å². The van der Waals surface area contributed by atoms with E-state index in [9.17, 15) is 14.7 Å². The molecule has 0 aliphatic heterocycles. The van der Waals surface area contributed by atoms with E-state index in [0.717, 1.165) is 31.4 Å². The van der Waals surface area contributed by atoms with E-state index in [1.807, 2.05) is 19.9 Å².